The van der Waals surface area contributed by atoms with E-state index in [0.29, 0.717) is 11.3 Å². The molecule has 3 aromatic carbocycles. The molecule has 0 aliphatic carbocycles. The summed E-state index contributed by atoms with van der Waals surface area (Å²) in [6.45, 7) is 0. The Bertz CT molecular complexity index is 925. The molecular formula is C18H13N3O. The van der Waals surface area contributed by atoms with E-state index in [1.165, 1.54) is 0 Å². The number of fused-ring (bicyclic) bond motifs is 2. The highest BCUT2D eigenvalue weighted by Crippen LogP contribution is 2.31. The fourth-order valence-electron chi connectivity index (χ4n) is 2.68. The lowest BCUT2D eigenvalue weighted by Crippen LogP contribution is -2.20. The quantitative estimate of drug-likeness (QED) is 0.669. The minimum atomic E-state index is 0.239. The van der Waals surface area contributed by atoms with E-state index in [9.17, 15) is 0 Å². The molecule has 0 spiro atoms. The normalized spacial score (nSPS) is 13.1. The van der Waals surface area contributed by atoms with Crippen molar-refractivity contribution in [2.45, 2.75) is 0 Å². The summed E-state index contributed by atoms with van der Waals surface area (Å²) in [7, 11) is 0. The average molecular weight is 287 g/mol. The smallest absolute Gasteiger partial charge is 0.135 e. The molecular weight excluding hydrogens is 274 g/mol. The number of hydrogen-bond donors (Lipinski definition) is 3. The van der Waals surface area contributed by atoms with Crippen LogP contribution >= 0.6 is 0 Å². The lowest BCUT2D eigenvalue weighted by molar-refractivity contribution is 0.488. The van der Waals surface area contributed by atoms with Crippen molar-refractivity contribution in [1.29, 1.82) is 10.8 Å². The van der Waals surface area contributed by atoms with E-state index in [4.69, 9.17) is 15.6 Å². The summed E-state index contributed by atoms with van der Waals surface area (Å²) in [4.78, 5) is 0. The Morgan fingerprint density at radius 2 is 1.55 bits per heavy atom. The maximum Gasteiger partial charge on any atom is 0.135 e. The van der Waals surface area contributed by atoms with Crippen LogP contribution in [0, 0.1) is 10.8 Å². The maximum atomic E-state index is 7.86. The molecule has 3 aromatic rings. The third-order valence-corrected chi connectivity index (χ3v) is 3.76. The van der Waals surface area contributed by atoms with Crippen molar-refractivity contribution in [1.82, 2.24) is 5.32 Å². The van der Waals surface area contributed by atoms with Crippen molar-refractivity contribution in [2.75, 3.05) is 0 Å². The van der Waals surface area contributed by atoms with E-state index < -0.39 is 0 Å². The van der Waals surface area contributed by atoms with E-state index in [2.05, 4.69) is 5.32 Å². The van der Waals surface area contributed by atoms with Gasteiger partial charge in [-0.25, -0.2) is 0 Å². The molecule has 0 aromatic heterocycles. The Morgan fingerprint density at radius 1 is 0.773 bits per heavy atom. The molecule has 0 radical (unpaired) electrons. The molecule has 0 fully saturated rings. The van der Waals surface area contributed by atoms with Crippen molar-refractivity contribution in [3.63, 3.8) is 0 Å². The molecule has 1 heterocycles. The van der Waals surface area contributed by atoms with Crippen LogP contribution in [0.4, 0.5) is 0 Å². The molecule has 0 atom stereocenters. The van der Waals surface area contributed by atoms with Gasteiger partial charge in [-0.2, -0.15) is 0 Å². The monoisotopic (exact) mass is 287 g/mol. The van der Waals surface area contributed by atoms with Gasteiger partial charge in [0.05, 0.1) is 0 Å². The second-order valence-electron chi connectivity index (χ2n) is 5.16. The highest BCUT2D eigenvalue weighted by Gasteiger charge is 2.21. The van der Waals surface area contributed by atoms with Crippen LogP contribution in [-0.4, -0.2) is 11.7 Å². The van der Waals surface area contributed by atoms with Gasteiger partial charge in [0.25, 0.3) is 0 Å². The van der Waals surface area contributed by atoms with Crippen LogP contribution < -0.4 is 10.1 Å². The molecule has 1 aliphatic rings. The molecule has 22 heavy (non-hydrogen) atoms. The van der Waals surface area contributed by atoms with E-state index in [-0.39, 0.29) is 11.7 Å². The van der Waals surface area contributed by atoms with Crippen molar-refractivity contribution in [3.05, 3.63) is 71.8 Å². The fraction of sp³-hybridized carbons (Fsp3) is 0. The van der Waals surface area contributed by atoms with Crippen LogP contribution in [0.5, 0.6) is 11.5 Å². The predicted octanol–water partition coefficient (Wildman–Crippen LogP) is 3.89. The first-order valence-corrected chi connectivity index (χ1v) is 6.97. The van der Waals surface area contributed by atoms with Gasteiger partial charge in [-0.1, -0.05) is 36.4 Å². The Morgan fingerprint density at radius 3 is 2.45 bits per heavy atom. The highest BCUT2D eigenvalue weighted by atomic mass is 16.5. The Kier molecular flexibility index (Phi) is 2.69. The number of rotatable bonds is 2. The average Bonchev–Trinajstić information content (AvgIpc) is 2.82. The minimum absolute atomic E-state index is 0.239. The molecule has 0 saturated heterocycles. The van der Waals surface area contributed by atoms with Crippen LogP contribution in [0.15, 0.2) is 60.7 Å². The van der Waals surface area contributed by atoms with Gasteiger partial charge in [-0.3, -0.25) is 10.8 Å². The van der Waals surface area contributed by atoms with Crippen LogP contribution in [0.3, 0.4) is 0 Å². The van der Waals surface area contributed by atoms with Crippen molar-refractivity contribution < 1.29 is 4.74 Å². The Hall–Kier alpha value is -3.14. The molecule has 4 nitrogen and oxygen atoms in total. The predicted molar refractivity (Wildman–Crippen MR) is 87.3 cm³/mol. The number of ether oxygens (including phenoxy) is 1. The molecule has 4 heteroatoms. The van der Waals surface area contributed by atoms with Crippen LogP contribution in [0.25, 0.3) is 10.8 Å². The lowest BCUT2D eigenvalue weighted by atomic mass is 10.1. The largest absolute Gasteiger partial charge is 0.457 e. The summed E-state index contributed by atoms with van der Waals surface area (Å²) < 4.78 is 6.01. The first kappa shape index (κ1) is 12.6. The van der Waals surface area contributed by atoms with E-state index in [0.717, 1.165) is 22.1 Å². The van der Waals surface area contributed by atoms with Crippen LogP contribution in [-0.2, 0) is 0 Å². The fourth-order valence-corrected chi connectivity index (χ4v) is 2.68. The van der Waals surface area contributed by atoms with E-state index >= 15 is 0 Å². The van der Waals surface area contributed by atoms with Gasteiger partial charge in [-0.15, -0.1) is 0 Å². The van der Waals surface area contributed by atoms with Crippen molar-refractivity contribution >= 4 is 22.4 Å². The molecule has 0 saturated carbocycles. The van der Waals surface area contributed by atoms with Gasteiger partial charge >= 0.3 is 0 Å². The van der Waals surface area contributed by atoms with Gasteiger partial charge < -0.3 is 10.1 Å². The molecule has 0 unspecified atom stereocenters. The number of benzene rings is 3. The summed E-state index contributed by atoms with van der Waals surface area (Å²) in [6.07, 6.45) is 0. The van der Waals surface area contributed by atoms with E-state index in [1.54, 1.807) is 6.07 Å². The SMILES string of the molecule is N=C1NC(=N)c2cc(Oc3cccc4ccccc34)ccc21. The number of nitrogens with one attached hydrogen (secondary N) is 3. The second-order valence-corrected chi connectivity index (χ2v) is 5.16. The molecule has 0 bridgehead atoms. The summed E-state index contributed by atoms with van der Waals surface area (Å²) >= 11 is 0. The summed E-state index contributed by atoms with van der Waals surface area (Å²) in [5.74, 6) is 1.95. The highest BCUT2D eigenvalue weighted by molar-refractivity contribution is 6.23. The zero-order valence-electron chi connectivity index (χ0n) is 11.7. The molecule has 3 N–H and O–H groups in total. The zero-order chi connectivity index (χ0) is 15.1. The number of hydrogen-bond acceptors (Lipinski definition) is 3. The molecule has 0 amide bonds. The minimum Gasteiger partial charge on any atom is -0.457 e. The van der Waals surface area contributed by atoms with Gasteiger partial charge in [0.1, 0.15) is 23.2 Å². The van der Waals surface area contributed by atoms with Gasteiger partial charge in [0, 0.05) is 16.5 Å². The summed E-state index contributed by atoms with van der Waals surface area (Å²) in [6, 6.07) is 19.4. The first-order valence-electron chi connectivity index (χ1n) is 6.97. The summed E-state index contributed by atoms with van der Waals surface area (Å²) in [5.41, 5.74) is 1.43. The molecule has 106 valence electrons. The second kappa shape index (κ2) is 4.70. The topological polar surface area (TPSA) is 69.0 Å². The lowest BCUT2D eigenvalue weighted by Gasteiger charge is -2.10. The van der Waals surface area contributed by atoms with Crippen molar-refractivity contribution in [3.8, 4) is 11.5 Å². The third kappa shape index (κ3) is 1.93. The first-order chi connectivity index (χ1) is 10.7. The van der Waals surface area contributed by atoms with Crippen LogP contribution in [0.2, 0.25) is 0 Å². The van der Waals surface area contributed by atoms with Gasteiger partial charge in [0.2, 0.25) is 0 Å². The van der Waals surface area contributed by atoms with Gasteiger partial charge in [0.15, 0.2) is 0 Å². The van der Waals surface area contributed by atoms with E-state index in [1.807, 2.05) is 54.6 Å². The molecule has 1 aliphatic heterocycles. The Labute approximate surface area is 127 Å². The standard InChI is InChI=1S/C18H13N3O/c19-17-14-9-8-12(10-15(14)18(20)21-17)22-16-7-3-5-11-4-1-2-6-13(11)16/h1-10H,(H3,19,20,21). The van der Waals surface area contributed by atoms with Crippen LogP contribution in [0.1, 0.15) is 11.1 Å². The van der Waals surface area contributed by atoms with Gasteiger partial charge in [-0.05, 0) is 29.7 Å². The van der Waals surface area contributed by atoms with Crippen molar-refractivity contribution in [2.24, 2.45) is 0 Å². The summed E-state index contributed by atoms with van der Waals surface area (Å²) in [5, 5.41) is 20.5. The Balaban J connectivity index is 1.76. The molecule has 4 rings (SSSR count). The zero-order valence-corrected chi connectivity index (χ0v) is 11.7. The maximum absolute atomic E-state index is 7.86. The third-order valence-electron chi connectivity index (χ3n) is 3.76. The number of amidine groups is 2.